The van der Waals surface area contributed by atoms with Gasteiger partial charge in [0.1, 0.15) is 29.9 Å². The molecule has 0 bridgehead atoms. The summed E-state index contributed by atoms with van der Waals surface area (Å²) >= 11 is 0. The monoisotopic (exact) mass is 354 g/mol. The van der Waals surface area contributed by atoms with Gasteiger partial charge in [0.25, 0.3) is 0 Å². The Morgan fingerprint density at radius 1 is 1.28 bits per heavy atom. The summed E-state index contributed by atoms with van der Waals surface area (Å²) < 4.78 is 30.8. The van der Waals surface area contributed by atoms with E-state index in [9.17, 15) is 9.18 Å². The van der Waals surface area contributed by atoms with Gasteiger partial charge in [0.15, 0.2) is 6.04 Å². The lowest BCUT2D eigenvalue weighted by molar-refractivity contribution is -0.410. The second kappa shape index (κ2) is 9.15. The summed E-state index contributed by atoms with van der Waals surface area (Å²) in [5.41, 5.74) is 3.88. The lowest BCUT2D eigenvalue weighted by atomic mass is 10.0. The quantitative estimate of drug-likeness (QED) is 0.824. The fourth-order valence-corrected chi connectivity index (χ4v) is 2.86. The van der Waals surface area contributed by atoms with Crippen LogP contribution in [-0.2, 0) is 14.3 Å². The zero-order chi connectivity index (χ0) is 18.4. The number of quaternary nitrogens is 1. The molecule has 3 N–H and O–H groups in total. The second-order valence-electron chi connectivity index (χ2n) is 7.07. The molecule has 4 atom stereocenters. The van der Waals surface area contributed by atoms with Crippen molar-refractivity contribution in [2.24, 2.45) is 5.92 Å². The first kappa shape index (κ1) is 19.7. The van der Waals surface area contributed by atoms with Crippen LogP contribution in [0.1, 0.15) is 40.0 Å². The summed E-state index contributed by atoms with van der Waals surface area (Å²) in [6.07, 6.45) is 1.03. The van der Waals surface area contributed by atoms with Gasteiger partial charge in [-0.25, -0.2) is 9.18 Å². The molecule has 0 aliphatic carbocycles. The Balaban J connectivity index is 2.18. The van der Waals surface area contributed by atoms with Gasteiger partial charge in [0.2, 0.25) is 0 Å². The van der Waals surface area contributed by atoms with Gasteiger partial charge in [-0.3, -0.25) is 0 Å². The molecule has 0 unspecified atom stereocenters. The molecule has 5 nitrogen and oxygen atoms in total. The van der Waals surface area contributed by atoms with E-state index in [4.69, 9.17) is 14.2 Å². The number of rotatable bonds is 5. The molecular weight excluding hydrogens is 325 g/mol. The van der Waals surface area contributed by atoms with E-state index in [2.05, 4.69) is 19.6 Å². The summed E-state index contributed by atoms with van der Waals surface area (Å²) in [5, 5.41) is 0. The molecule has 0 amide bonds. The minimum atomic E-state index is -0.445. The lowest BCUT2D eigenvalue weighted by Gasteiger charge is -2.31. The third-order valence-corrected chi connectivity index (χ3v) is 4.23. The first-order valence-corrected chi connectivity index (χ1v) is 8.94. The summed E-state index contributed by atoms with van der Waals surface area (Å²) in [6.45, 7) is 6.49. The maximum atomic E-state index is 13.1. The molecule has 1 fully saturated rings. The van der Waals surface area contributed by atoms with Crippen molar-refractivity contribution in [3.8, 4) is 5.75 Å². The molecule has 0 saturated carbocycles. The van der Waals surface area contributed by atoms with Crippen LogP contribution in [0, 0.1) is 11.7 Å². The maximum Gasteiger partial charge on any atom is 0.365 e. The Hall–Kier alpha value is -1.66. The van der Waals surface area contributed by atoms with E-state index in [0.29, 0.717) is 31.1 Å². The van der Waals surface area contributed by atoms with E-state index >= 15 is 0 Å². The highest BCUT2D eigenvalue weighted by molar-refractivity contribution is 5.74. The zero-order valence-electron chi connectivity index (χ0n) is 15.2. The molecule has 6 heteroatoms. The van der Waals surface area contributed by atoms with Crippen molar-refractivity contribution in [2.45, 2.75) is 64.4 Å². The predicted octanol–water partition coefficient (Wildman–Crippen LogP) is 2.34. The van der Waals surface area contributed by atoms with Gasteiger partial charge in [0.05, 0.1) is 0 Å². The smallest absolute Gasteiger partial charge is 0.365 e. The molecule has 0 spiro atoms. The Labute approximate surface area is 148 Å². The van der Waals surface area contributed by atoms with E-state index in [0.717, 1.165) is 6.42 Å². The minimum absolute atomic E-state index is 0.280. The van der Waals surface area contributed by atoms with Crippen LogP contribution < -0.4 is 10.5 Å². The number of carbonyl (C=O) groups is 1. The third-order valence-electron chi connectivity index (χ3n) is 4.23. The molecule has 0 radical (unpaired) electrons. The summed E-state index contributed by atoms with van der Waals surface area (Å²) in [7, 11) is 0. The molecule has 25 heavy (non-hydrogen) atoms. The van der Waals surface area contributed by atoms with Gasteiger partial charge in [-0.2, -0.15) is 0 Å². The van der Waals surface area contributed by atoms with E-state index in [1.165, 1.54) is 12.1 Å². The van der Waals surface area contributed by atoms with E-state index in [1.807, 2.05) is 6.92 Å². The number of hydrogen-bond acceptors (Lipinski definition) is 4. The highest BCUT2D eigenvalue weighted by atomic mass is 19.1. The van der Waals surface area contributed by atoms with Crippen LogP contribution in [0.5, 0.6) is 5.75 Å². The average Bonchev–Trinajstić information content (AvgIpc) is 2.59. The van der Waals surface area contributed by atoms with Crippen molar-refractivity contribution in [2.75, 3.05) is 6.61 Å². The van der Waals surface area contributed by atoms with Gasteiger partial charge < -0.3 is 19.9 Å². The van der Waals surface area contributed by atoms with Crippen molar-refractivity contribution in [3.05, 3.63) is 30.1 Å². The predicted molar refractivity (Wildman–Crippen MR) is 91.5 cm³/mol. The SMILES string of the molecule is CC(C)CO[C@H]1[C@H](C)OC(=O)[C@@H]([NH3+])CCC[C@@H]1Oc1ccc(F)cc1. The van der Waals surface area contributed by atoms with Crippen LogP contribution in [0.4, 0.5) is 4.39 Å². The summed E-state index contributed by atoms with van der Waals surface area (Å²) in [4.78, 5) is 12.1. The number of esters is 1. The standard InChI is InChI=1S/C19H28FNO4/c1-12(2)11-23-18-13(3)24-19(22)16(21)5-4-6-17(18)25-15-9-7-14(20)8-10-15/h7-10,12-13,16-18H,4-6,11,21H2,1-3H3/p+1/t13-,16-,17-,18-/m0/s1. The number of ether oxygens (including phenoxy) is 3. The van der Waals surface area contributed by atoms with Gasteiger partial charge in [0, 0.05) is 13.0 Å². The molecule has 0 aromatic heterocycles. The molecule has 1 saturated heterocycles. The van der Waals surface area contributed by atoms with Crippen molar-refractivity contribution in [3.63, 3.8) is 0 Å². The number of halogens is 1. The van der Waals surface area contributed by atoms with Gasteiger partial charge in [-0.1, -0.05) is 13.8 Å². The van der Waals surface area contributed by atoms with Crippen LogP contribution in [0.25, 0.3) is 0 Å². The summed E-state index contributed by atoms with van der Waals surface area (Å²) in [5.74, 6) is 0.320. The maximum absolute atomic E-state index is 13.1. The normalized spacial score (nSPS) is 28.0. The Morgan fingerprint density at radius 3 is 2.60 bits per heavy atom. The molecular formula is C19H29FNO4+. The number of cyclic esters (lactones) is 1. The fourth-order valence-electron chi connectivity index (χ4n) is 2.86. The van der Waals surface area contributed by atoms with Crippen LogP contribution in [0.3, 0.4) is 0 Å². The topological polar surface area (TPSA) is 72.4 Å². The Morgan fingerprint density at radius 2 is 1.96 bits per heavy atom. The molecule has 1 aromatic rings. The van der Waals surface area contributed by atoms with Gasteiger partial charge in [-0.15, -0.1) is 0 Å². The summed E-state index contributed by atoms with van der Waals surface area (Å²) in [6, 6.07) is 5.55. The fraction of sp³-hybridized carbons (Fsp3) is 0.632. The second-order valence-corrected chi connectivity index (χ2v) is 7.07. The molecule has 2 rings (SSSR count). The van der Waals surface area contributed by atoms with Gasteiger partial charge >= 0.3 is 5.97 Å². The highest BCUT2D eigenvalue weighted by Crippen LogP contribution is 2.24. The van der Waals surface area contributed by atoms with Crippen LogP contribution in [-0.4, -0.2) is 36.9 Å². The van der Waals surface area contributed by atoms with E-state index in [1.54, 1.807) is 12.1 Å². The first-order valence-electron chi connectivity index (χ1n) is 8.94. The molecule has 1 aliphatic heterocycles. The highest BCUT2D eigenvalue weighted by Gasteiger charge is 2.35. The Kier molecular flexibility index (Phi) is 7.20. The zero-order valence-corrected chi connectivity index (χ0v) is 15.2. The Bertz CT molecular complexity index is 549. The van der Waals surface area contributed by atoms with E-state index < -0.39 is 6.10 Å². The van der Waals surface area contributed by atoms with E-state index in [-0.39, 0.29) is 30.0 Å². The van der Waals surface area contributed by atoms with Crippen molar-refractivity contribution in [1.29, 1.82) is 0 Å². The van der Waals surface area contributed by atoms with Crippen LogP contribution in [0.2, 0.25) is 0 Å². The largest absolute Gasteiger partial charge is 0.488 e. The van der Waals surface area contributed by atoms with Crippen molar-refractivity contribution >= 4 is 5.97 Å². The van der Waals surface area contributed by atoms with Crippen LogP contribution >= 0.6 is 0 Å². The minimum Gasteiger partial charge on any atom is -0.488 e. The van der Waals surface area contributed by atoms with Gasteiger partial charge in [-0.05, 0) is 49.9 Å². The number of benzene rings is 1. The molecule has 1 aliphatic rings. The molecule has 1 aromatic carbocycles. The number of carbonyl (C=O) groups excluding carboxylic acids is 1. The average molecular weight is 354 g/mol. The lowest BCUT2D eigenvalue weighted by Crippen LogP contribution is -2.65. The van der Waals surface area contributed by atoms with Crippen molar-refractivity contribution in [1.82, 2.24) is 0 Å². The van der Waals surface area contributed by atoms with Crippen molar-refractivity contribution < 1.29 is 29.1 Å². The molecule has 140 valence electrons. The number of hydrogen-bond donors (Lipinski definition) is 1. The molecule has 1 heterocycles. The first-order chi connectivity index (χ1) is 11.9. The van der Waals surface area contributed by atoms with Crippen LogP contribution in [0.15, 0.2) is 24.3 Å². The third kappa shape index (κ3) is 5.97.